The Labute approximate surface area is 143 Å². The Morgan fingerprint density at radius 2 is 2.00 bits per heavy atom. The lowest BCUT2D eigenvalue weighted by Crippen LogP contribution is -2.40. The molecule has 0 spiro atoms. The molecule has 1 aromatic carbocycles. The summed E-state index contributed by atoms with van der Waals surface area (Å²) in [6, 6.07) is 4.14. The van der Waals surface area contributed by atoms with Crippen LogP contribution >= 0.6 is 0 Å². The van der Waals surface area contributed by atoms with Gasteiger partial charge in [0.2, 0.25) is 10.0 Å². The SMILES string of the molecule is C[C@@H]1CCCN(c2ccc(S(=O)(=O)NC(C)(C)C)cc2[N+](=O)[O-])C1. The van der Waals surface area contributed by atoms with Gasteiger partial charge in [-0.05, 0) is 51.7 Å². The summed E-state index contributed by atoms with van der Waals surface area (Å²) in [6.45, 7) is 8.78. The third-order valence-corrected chi connectivity index (χ3v) is 5.65. The van der Waals surface area contributed by atoms with E-state index in [1.165, 1.54) is 6.07 Å². The number of benzene rings is 1. The number of nitro benzene ring substituents is 1. The van der Waals surface area contributed by atoms with Gasteiger partial charge in [0.15, 0.2) is 0 Å². The van der Waals surface area contributed by atoms with Gasteiger partial charge < -0.3 is 4.90 Å². The zero-order valence-electron chi connectivity index (χ0n) is 14.6. The molecule has 8 heteroatoms. The molecular formula is C16H25N3O4S. The third kappa shape index (κ3) is 4.45. The molecule has 0 unspecified atom stereocenters. The summed E-state index contributed by atoms with van der Waals surface area (Å²) in [5.41, 5.74) is -0.337. The highest BCUT2D eigenvalue weighted by atomic mass is 32.2. The fourth-order valence-corrected chi connectivity index (χ4v) is 4.39. The number of nitrogens with zero attached hydrogens (tertiary/aromatic N) is 2. The van der Waals surface area contributed by atoms with E-state index in [9.17, 15) is 18.5 Å². The molecule has 1 saturated heterocycles. The lowest BCUT2D eigenvalue weighted by molar-refractivity contribution is -0.384. The van der Waals surface area contributed by atoms with E-state index < -0.39 is 20.5 Å². The molecule has 24 heavy (non-hydrogen) atoms. The molecule has 1 atom stereocenters. The lowest BCUT2D eigenvalue weighted by Gasteiger charge is -2.32. The van der Waals surface area contributed by atoms with Crippen molar-refractivity contribution in [1.82, 2.24) is 4.72 Å². The summed E-state index contributed by atoms with van der Waals surface area (Å²) in [6.07, 6.45) is 2.08. The Hall–Kier alpha value is -1.67. The zero-order chi connectivity index (χ0) is 18.1. The quantitative estimate of drug-likeness (QED) is 0.662. The molecule has 0 radical (unpaired) electrons. The fraction of sp³-hybridized carbons (Fsp3) is 0.625. The van der Waals surface area contributed by atoms with Crippen molar-refractivity contribution >= 4 is 21.4 Å². The van der Waals surface area contributed by atoms with Crippen LogP contribution < -0.4 is 9.62 Å². The molecule has 0 amide bonds. The van der Waals surface area contributed by atoms with Crippen molar-refractivity contribution in [1.29, 1.82) is 0 Å². The zero-order valence-corrected chi connectivity index (χ0v) is 15.4. The second kappa shape index (κ2) is 6.68. The molecule has 0 aliphatic carbocycles. The molecular weight excluding hydrogens is 330 g/mol. The van der Waals surface area contributed by atoms with Crippen molar-refractivity contribution in [3.05, 3.63) is 28.3 Å². The third-order valence-electron chi connectivity index (χ3n) is 3.89. The maximum atomic E-state index is 12.4. The maximum absolute atomic E-state index is 12.4. The van der Waals surface area contributed by atoms with Gasteiger partial charge >= 0.3 is 0 Å². The van der Waals surface area contributed by atoms with Crippen LogP contribution in [0.25, 0.3) is 0 Å². The van der Waals surface area contributed by atoms with E-state index in [0.717, 1.165) is 32.0 Å². The Kier molecular flexibility index (Phi) is 5.19. The molecule has 7 nitrogen and oxygen atoms in total. The molecule has 1 fully saturated rings. The Morgan fingerprint density at radius 3 is 2.54 bits per heavy atom. The van der Waals surface area contributed by atoms with Crippen LogP contribution in [-0.2, 0) is 10.0 Å². The van der Waals surface area contributed by atoms with Crippen LogP contribution in [0.1, 0.15) is 40.5 Å². The standard InChI is InChI=1S/C16H25N3O4S/c1-12-6-5-9-18(11-12)14-8-7-13(10-15(14)19(20)21)24(22,23)17-16(2,3)4/h7-8,10,12,17H,5-6,9,11H2,1-4H3/t12-/m1/s1. The number of sulfonamides is 1. The van der Waals surface area contributed by atoms with Crippen LogP contribution in [0, 0.1) is 16.0 Å². The molecule has 0 saturated carbocycles. The number of hydrogen-bond donors (Lipinski definition) is 1. The van der Waals surface area contributed by atoms with Crippen LogP contribution in [0.3, 0.4) is 0 Å². The smallest absolute Gasteiger partial charge is 0.293 e. The van der Waals surface area contributed by atoms with Gasteiger partial charge in [0.05, 0.1) is 9.82 Å². The van der Waals surface area contributed by atoms with Crippen molar-refractivity contribution < 1.29 is 13.3 Å². The number of hydrogen-bond acceptors (Lipinski definition) is 5. The van der Waals surface area contributed by atoms with Crippen molar-refractivity contribution in [2.75, 3.05) is 18.0 Å². The summed E-state index contributed by atoms with van der Waals surface area (Å²) in [5.74, 6) is 0.462. The van der Waals surface area contributed by atoms with E-state index >= 15 is 0 Å². The first kappa shape index (κ1) is 18.7. The predicted octanol–water partition coefficient (Wildman–Crippen LogP) is 2.91. The molecule has 1 N–H and O–H groups in total. The monoisotopic (exact) mass is 355 g/mol. The first-order valence-electron chi connectivity index (χ1n) is 8.07. The minimum absolute atomic E-state index is 0.0852. The van der Waals surface area contributed by atoms with Crippen LogP contribution in [0.15, 0.2) is 23.1 Å². The average molecular weight is 355 g/mol. The van der Waals surface area contributed by atoms with E-state index in [-0.39, 0.29) is 10.6 Å². The molecule has 1 aliphatic rings. The number of piperidine rings is 1. The van der Waals surface area contributed by atoms with Gasteiger partial charge in [-0.15, -0.1) is 0 Å². The largest absolute Gasteiger partial charge is 0.366 e. The maximum Gasteiger partial charge on any atom is 0.293 e. The number of rotatable bonds is 4. The molecule has 134 valence electrons. The number of nitro groups is 1. The highest BCUT2D eigenvalue weighted by molar-refractivity contribution is 7.89. The van der Waals surface area contributed by atoms with E-state index in [0.29, 0.717) is 11.6 Å². The second-order valence-corrected chi connectivity index (χ2v) is 9.14. The van der Waals surface area contributed by atoms with Gasteiger partial charge in [0.25, 0.3) is 5.69 Å². The second-order valence-electron chi connectivity index (χ2n) is 7.46. The van der Waals surface area contributed by atoms with Gasteiger partial charge in [-0.2, -0.15) is 0 Å². The lowest BCUT2D eigenvalue weighted by atomic mass is 9.99. The summed E-state index contributed by atoms with van der Waals surface area (Å²) in [5, 5.41) is 11.5. The topological polar surface area (TPSA) is 92.6 Å². The van der Waals surface area contributed by atoms with E-state index in [2.05, 4.69) is 11.6 Å². The van der Waals surface area contributed by atoms with Crippen LogP contribution in [0.5, 0.6) is 0 Å². The molecule has 0 bridgehead atoms. The minimum Gasteiger partial charge on any atom is -0.366 e. The normalized spacial score (nSPS) is 19.3. The molecule has 1 heterocycles. The van der Waals surface area contributed by atoms with E-state index in [4.69, 9.17) is 0 Å². The van der Waals surface area contributed by atoms with Crippen LogP contribution in [-0.4, -0.2) is 32.0 Å². The van der Waals surface area contributed by atoms with Crippen molar-refractivity contribution in [2.24, 2.45) is 5.92 Å². The van der Waals surface area contributed by atoms with Gasteiger partial charge in [-0.25, -0.2) is 13.1 Å². The van der Waals surface area contributed by atoms with Crippen LogP contribution in [0.2, 0.25) is 0 Å². The van der Waals surface area contributed by atoms with Gasteiger partial charge in [0.1, 0.15) is 5.69 Å². The van der Waals surface area contributed by atoms with E-state index in [1.54, 1.807) is 26.8 Å². The Bertz CT molecular complexity index is 725. The van der Waals surface area contributed by atoms with Gasteiger partial charge in [-0.1, -0.05) is 6.92 Å². The van der Waals surface area contributed by atoms with Gasteiger partial charge in [0, 0.05) is 24.7 Å². The molecule has 2 rings (SSSR count). The summed E-state index contributed by atoms with van der Waals surface area (Å²) in [7, 11) is -3.81. The molecule has 1 aromatic rings. The van der Waals surface area contributed by atoms with Crippen LogP contribution in [0.4, 0.5) is 11.4 Å². The summed E-state index contributed by atoms with van der Waals surface area (Å²) < 4.78 is 27.3. The fourth-order valence-electron chi connectivity index (χ4n) is 2.95. The Morgan fingerprint density at radius 1 is 1.33 bits per heavy atom. The summed E-state index contributed by atoms with van der Waals surface area (Å²) in [4.78, 5) is 12.9. The number of nitrogens with one attached hydrogen (secondary N) is 1. The summed E-state index contributed by atoms with van der Waals surface area (Å²) >= 11 is 0. The number of anilines is 1. The first-order chi connectivity index (χ1) is 11.0. The van der Waals surface area contributed by atoms with Crippen molar-refractivity contribution in [2.45, 2.75) is 51.0 Å². The minimum atomic E-state index is -3.81. The average Bonchev–Trinajstić information content (AvgIpc) is 2.44. The van der Waals surface area contributed by atoms with Crippen molar-refractivity contribution in [3.8, 4) is 0 Å². The Balaban J connectivity index is 2.42. The van der Waals surface area contributed by atoms with Crippen molar-refractivity contribution in [3.63, 3.8) is 0 Å². The molecule has 1 aliphatic heterocycles. The van der Waals surface area contributed by atoms with Gasteiger partial charge in [-0.3, -0.25) is 10.1 Å². The molecule has 0 aromatic heterocycles. The first-order valence-corrected chi connectivity index (χ1v) is 9.55. The van der Waals surface area contributed by atoms with E-state index in [1.807, 2.05) is 4.90 Å². The highest BCUT2D eigenvalue weighted by Crippen LogP contribution is 2.33. The predicted molar refractivity (Wildman–Crippen MR) is 93.8 cm³/mol. The highest BCUT2D eigenvalue weighted by Gasteiger charge is 2.28.